The summed E-state index contributed by atoms with van der Waals surface area (Å²) in [5.41, 5.74) is 1.93. The number of hydrogen-bond donors (Lipinski definition) is 1. The molecule has 0 saturated carbocycles. The second kappa shape index (κ2) is 10.1. The van der Waals surface area contributed by atoms with E-state index in [2.05, 4.69) is 4.72 Å². The molecule has 0 aliphatic rings. The number of ether oxygens (including phenoxy) is 4. The molecule has 0 heterocycles. The molecule has 0 amide bonds. The first-order valence-electron chi connectivity index (χ1n) is 9.66. The lowest BCUT2D eigenvalue weighted by Gasteiger charge is -2.13. The Bertz CT molecular complexity index is 1180. The van der Waals surface area contributed by atoms with Crippen molar-refractivity contribution < 1.29 is 27.4 Å². The highest BCUT2D eigenvalue weighted by Crippen LogP contribution is 2.38. The molecule has 3 aromatic carbocycles. The van der Waals surface area contributed by atoms with E-state index in [0.717, 1.165) is 11.1 Å². The average molecular weight is 456 g/mol. The molecule has 0 bridgehead atoms. The van der Waals surface area contributed by atoms with E-state index in [9.17, 15) is 8.42 Å². The van der Waals surface area contributed by atoms with Crippen molar-refractivity contribution in [1.29, 1.82) is 0 Å². The standard InChI is InChI=1S/C24H25NO6S/c1-28-21-13-12-17(14-20(21)25-32(26,27)19-8-6-5-7-9-19)10-11-18-15-22(29-2)24(31-4)23(16-18)30-3/h5-16,25H,1-4H3/b11-10-. The van der Waals surface area contributed by atoms with Crippen LogP contribution >= 0.6 is 0 Å². The molecule has 1 N–H and O–H groups in total. The summed E-state index contributed by atoms with van der Waals surface area (Å²) in [7, 11) is 2.39. The summed E-state index contributed by atoms with van der Waals surface area (Å²) in [6, 6.07) is 17.0. The van der Waals surface area contributed by atoms with Gasteiger partial charge in [-0.05, 0) is 47.5 Å². The summed E-state index contributed by atoms with van der Waals surface area (Å²) >= 11 is 0. The Balaban J connectivity index is 1.93. The van der Waals surface area contributed by atoms with Crippen molar-refractivity contribution in [3.05, 3.63) is 71.8 Å². The highest BCUT2D eigenvalue weighted by atomic mass is 32.2. The molecule has 0 fully saturated rings. The number of sulfonamides is 1. The molecule has 0 saturated heterocycles. The molecule has 0 radical (unpaired) electrons. The summed E-state index contributed by atoms with van der Waals surface area (Å²) in [5, 5.41) is 0. The number of benzene rings is 3. The molecule has 168 valence electrons. The number of hydrogen-bond acceptors (Lipinski definition) is 6. The summed E-state index contributed by atoms with van der Waals surface area (Å²) in [6.07, 6.45) is 3.71. The largest absolute Gasteiger partial charge is 0.495 e. The van der Waals surface area contributed by atoms with Gasteiger partial charge in [0.1, 0.15) is 5.75 Å². The van der Waals surface area contributed by atoms with Crippen LogP contribution in [-0.2, 0) is 10.0 Å². The van der Waals surface area contributed by atoms with Gasteiger partial charge >= 0.3 is 0 Å². The highest BCUT2D eigenvalue weighted by Gasteiger charge is 2.16. The van der Waals surface area contributed by atoms with E-state index in [1.807, 2.05) is 30.4 Å². The first kappa shape index (κ1) is 23.0. The summed E-state index contributed by atoms with van der Waals surface area (Å²) in [6.45, 7) is 0. The smallest absolute Gasteiger partial charge is 0.262 e. The Kier molecular flexibility index (Phi) is 7.27. The molecule has 0 aromatic heterocycles. The van der Waals surface area contributed by atoms with E-state index in [1.54, 1.807) is 51.7 Å². The molecule has 0 unspecified atom stereocenters. The predicted octanol–water partition coefficient (Wildman–Crippen LogP) is 4.69. The van der Waals surface area contributed by atoms with Crippen LogP contribution in [0.5, 0.6) is 23.0 Å². The number of methoxy groups -OCH3 is 4. The number of anilines is 1. The third-order valence-electron chi connectivity index (χ3n) is 4.68. The van der Waals surface area contributed by atoms with Gasteiger partial charge < -0.3 is 18.9 Å². The predicted molar refractivity (Wildman–Crippen MR) is 125 cm³/mol. The van der Waals surface area contributed by atoms with Crippen LogP contribution in [0.1, 0.15) is 11.1 Å². The van der Waals surface area contributed by atoms with Gasteiger partial charge in [-0.25, -0.2) is 8.42 Å². The van der Waals surface area contributed by atoms with Gasteiger partial charge in [0, 0.05) is 0 Å². The highest BCUT2D eigenvalue weighted by molar-refractivity contribution is 7.92. The minimum atomic E-state index is -3.76. The van der Waals surface area contributed by atoms with Gasteiger partial charge in [0.25, 0.3) is 10.0 Å². The van der Waals surface area contributed by atoms with Gasteiger partial charge in [-0.1, -0.05) is 36.4 Å². The van der Waals surface area contributed by atoms with Crippen molar-refractivity contribution in [2.75, 3.05) is 33.2 Å². The van der Waals surface area contributed by atoms with Gasteiger partial charge in [-0.3, -0.25) is 4.72 Å². The molecule has 8 heteroatoms. The maximum atomic E-state index is 12.7. The van der Waals surface area contributed by atoms with Crippen LogP contribution in [0, 0.1) is 0 Å². The molecule has 0 aliphatic carbocycles. The quantitative estimate of drug-likeness (QED) is 0.471. The molecule has 0 aliphatic heterocycles. The number of nitrogens with one attached hydrogen (secondary N) is 1. The molecule has 3 aromatic rings. The zero-order valence-corrected chi connectivity index (χ0v) is 19.1. The molecular formula is C24H25NO6S. The third-order valence-corrected chi connectivity index (χ3v) is 6.06. The van der Waals surface area contributed by atoms with Crippen LogP contribution in [0.3, 0.4) is 0 Å². The van der Waals surface area contributed by atoms with E-state index in [-0.39, 0.29) is 4.90 Å². The van der Waals surface area contributed by atoms with Crippen LogP contribution < -0.4 is 23.7 Å². The maximum absolute atomic E-state index is 12.7. The van der Waals surface area contributed by atoms with Crippen molar-refractivity contribution in [3.63, 3.8) is 0 Å². The fraction of sp³-hybridized carbons (Fsp3) is 0.167. The SMILES string of the molecule is COc1ccc(/C=C\c2cc(OC)c(OC)c(OC)c2)cc1NS(=O)(=O)c1ccccc1. The van der Waals surface area contributed by atoms with Gasteiger partial charge in [0.05, 0.1) is 39.0 Å². The van der Waals surface area contributed by atoms with Gasteiger partial charge in [-0.2, -0.15) is 0 Å². The first-order chi connectivity index (χ1) is 15.4. The lowest BCUT2D eigenvalue weighted by molar-refractivity contribution is 0.324. The zero-order chi connectivity index (χ0) is 23.1. The van der Waals surface area contributed by atoms with Crippen molar-refractivity contribution in [1.82, 2.24) is 0 Å². The van der Waals surface area contributed by atoms with Gasteiger partial charge in [-0.15, -0.1) is 0 Å². The van der Waals surface area contributed by atoms with Crippen LogP contribution in [0.15, 0.2) is 65.6 Å². The first-order valence-corrected chi connectivity index (χ1v) is 11.1. The fourth-order valence-electron chi connectivity index (χ4n) is 3.10. The van der Waals surface area contributed by atoms with Crippen molar-refractivity contribution in [2.24, 2.45) is 0 Å². The lowest BCUT2D eigenvalue weighted by Crippen LogP contribution is -2.13. The van der Waals surface area contributed by atoms with Crippen molar-refractivity contribution in [2.45, 2.75) is 4.90 Å². The summed E-state index contributed by atoms with van der Waals surface area (Å²) in [4.78, 5) is 0.167. The Morgan fingerprint density at radius 1 is 0.688 bits per heavy atom. The second-order valence-corrected chi connectivity index (χ2v) is 8.35. The van der Waals surface area contributed by atoms with Crippen molar-refractivity contribution >= 4 is 27.9 Å². The molecule has 7 nitrogen and oxygen atoms in total. The van der Waals surface area contributed by atoms with E-state index < -0.39 is 10.0 Å². The van der Waals surface area contributed by atoms with Crippen molar-refractivity contribution in [3.8, 4) is 23.0 Å². The monoisotopic (exact) mass is 455 g/mol. The van der Waals surface area contributed by atoms with Gasteiger partial charge in [0.2, 0.25) is 5.75 Å². The van der Waals surface area contributed by atoms with E-state index in [0.29, 0.717) is 28.7 Å². The maximum Gasteiger partial charge on any atom is 0.262 e. The molecule has 32 heavy (non-hydrogen) atoms. The minimum Gasteiger partial charge on any atom is -0.495 e. The normalized spacial score (nSPS) is 11.2. The Hall–Kier alpha value is -3.65. The van der Waals surface area contributed by atoms with E-state index in [4.69, 9.17) is 18.9 Å². The molecular weight excluding hydrogens is 430 g/mol. The summed E-state index contributed by atoms with van der Waals surface area (Å²) in [5.74, 6) is 2.00. The third kappa shape index (κ3) is 5.15. The van der Waals surface area contributed by atoms with Crippen LogP contribution in [0.25, 0.3) is 12.2 Å². The average Bonchev–Trinajstić information content (AvgIpc) is 2.82. The molecule has 3 rings (SSSR count). The molecule has 0 atom stereocenters. The Morgan fingerprint density at radius 3 is 1.84 bits per heavy atom. The Morgan fingerprint density at radius 2 is 1.28 bits per heavy atom. The van der Waals surface area contributed by atoms with E-state index >= 15 is 0 Å². The Labute approximate surface area is 188 Å². The van der Waals surface area contributed by atoms with E-state index in [1.165, 1.54) is 19.2 Å². The number of rotatable bonds is 9. The van der Waals surface area contributed by atoms with Crippen LogP contribution in [-0.4, -0.2) is 36.9 Å². The molecule has 0 spiro atoms. The lowest BCUT2D eigenvalue weighted by atomic mass is 10.1. The van der Waals surface area contributed by atoms with Gasteiger partial charge in [0.15, 0.2) is 11.5 Å². The second-order valence-electron chi connectivity index (χ2n) is 6.67. The van der Waals surface area contributed by atoms with Crippen LogP contribution in [0.4, 0.5) is 5.69 Å². The zero-order valence-electron chi connectivity index (χ0n) is 18.3. The topological polar surface area (TPSA) is 83.1 Å². The fourth-order valence-corrected chi connectivity index (χ4v) is 4.18. The minimum absolute atomic E-state index is 0.167. The van der Waals surface area contributed by atoms with Crippen LogP contribution in [0.2, 0.25) is 0 Å². The summed E-state index contributed by atoms with van der Waals surface area (Å²) < 4.78 is 49.5.